The van der Waals surface area contributed by atoms with Crippen molar-refractivity contribution in [2.24, 2.45) is 5.92 Å². The van der Waals surface area contributed by atoms with Crippen LogP contribution in [-0.2, 0) is 11.2 Å². The molecule has 2 atom stereocenters. The molecule has 130 valence electrons. The Kier molecular flexibility index (Phi) is 3.05. The molecule has 2 aromatic heterocycles. The number of nitrogens with one attached hydrogen (secondary N) is 1. The molecule has 2 aliphatic rings. The molecule has 0 aliphatic heterocycles. The molecule has 9 heteroatoms. The first kappa shape index (κ1) is 14.9. The first-order valence-corrected chi connectivity index (χ1v) is 8.31. The van der Waals surface area contributed by atoms with Crippen molar-refractivity contribution in [2.75, 3.05) is 0 Å². The molecule has 2 aliphatic carbocycles. The molecule has 1 fully saturated rings. The molecule has 1 saturated carbocycles. The summed E-state index contributed by atoms with van der Waals surface area (Å²) in [7, 11) is 0. The topological polar surface area (TPSA) is 116 Å². The fourth-order valence-electron chi connectivity index (χ4n) is 3.68. The summed E-state index contributed by atoms with van der Waals surface area (Å²) in [5.41, 5.74) is 2.75. The van der Waals surface area contributed by atoms with Crippen LogP contribution in [0.25, 0.3) is 11.5 Å². The van der Waals surface area contributed by atoms with Gasteiger partial charge in [-0.3, -0.25) is 9.59 Å². The number of esters is 1. The van der Waals surface area contributed by atoms with E-state index in [0.29, 0.717) is 23.4 Å². The average molecular weight is 350 g/mol. The van der Waals surface area contributed by atoms with Gasteiger partial charge in [-0.1, -0.05) is 12.1 Å². The lowest BCUT2D eigenvalue weighted by molar-refractivity contribution is -0.131. The zero-order chi connectivity index (χ0) is 17.8. The first-order valence-electron chi connectivity index (χ1n) is 8.31. The summed E-state index contributed by atoms with van der Waals surface area (Å²) in [6, 6.07) is 6.60. The van der Waals surface area contributed by atoms with Gasteiger partial charge >= 0.3 is 5.97 Å². The van der Waals surface area contributed by atoms with Gasteiger partial charge in [-0.25, -0.2) is 0 Å². The van der Waals surface area contributed by atoms with Gasteiger partial charge in [-0.2, -0.15) is 15.0 Å². The van der Waals surface area contributed by atoms with E-state index >= 15 is 0 Å². The molecule has 0 amide bonds. The van der Waals surface area contributed by atoms with Gasteiger partial charge in [0.1, 0.15) is 11.4 Å². The lowest BCUT2D eigenvalue weighted by Crippen LogP contribution is -2.18. The Morgan fingerprint density at radius 1 is 1.31 bits per heavy atom. The number of H-pyrrole nitrogens is 1. The zero-order valence-electron chi connectivity index (χ0n) is 13.8. The van der Waals surface area contributed by atoms with Crippen LogP contribution in [0.5, 0.6) is 5.75 Å². The van der Waals surface area contributed by atoms with Crippen molar-refractivity contribution in [2.45, 2.75) is 25.7 Å². The molecule has 9 nitrogen and oxygen atoms in total. The van der Waals surface area contributed by atoms with Crippen molar-refractivity contribution in [3.63, 3.8) is 0 Å². The molecule has 1 aromatic carbocycles. The van der Waals surface area contributed by atoms with Crippen LogP contribution in [0.2, 0.25) is 0 Å². The van der Waals surface area contributed by atoms with Gasteiger partial charge in [-0.05, 0) is 36.1 Å². The summed E-state index contributed by atoms with van der Waals surface area (Å²) in [6.07, 6.45) is 1.97. The van der Waals surface area contributed by atoms with Crippen LogP contribution in [0.4, 0.5) is 0 Å². The van der Waals surface area contributed by atoms with E-state index in [2.05, 4.69) is 25.7 Å². The Labute approximate surface area is 147 Å². The van der Waals surface area contributed by atoms with Gasteiger partial charge in [-0.15, -0.1) is 10.2 Å². The molecule has 0 radical (unpaired) electrons. The molecular formula is C17H14N6O3. The highest BCUT2D eigenvalue weighted by Crippen LogP contribution is 2.57. The number of tetrazole rings is 1. The van der Waals surface area contributed by atoms with E-state index in [1.165, 1.54) is 11.6 Å². The van der Waals surface area contributed by atoms with Crippen molar-refractivity contribution in [3.05, 3.63) is 41.1 Å². The minimum Gasteiger partial charge on any atom is -0.426 e. The van der Waals surface area contributed by atoms with Crippen molar-refractivity contribution in [3.8, 4) is 17.3 Å². The van der Waals surface area contributed by atoms with Crippen molar-refractivity contribution in [1.29, 1.82) is 0 Å². The molecule has 0 bridgehead atoms. The predicted molar refractivity (Wildman–Crippen MR) is 87.4 cm³/mol. The minimum atomic E-state index is -0.493. The molecule has 0 unspecified atom stereocenters. The highest BCUT2D eigenvalue weighted by molar-refractivity contribution is 6.00. The third kappa shape index (κ3) is 2.17. The molecular weight excluding hydrogens is 336 g/mol. The van der Waals surface area contributed by atoms with Crippen LogP contribution in [0.15, 0.2) is 24.3 Å². The summed E-state index contributed by atoms with van der Waals surface area (Å²) < 4.78 is 6.49. The average Bonchev–Trinajstić information content (AvgIpc) is 3.00. The molecule has 26 heavy (non-hydrogen) atoms. The Hall–Kier alpha value is -3.36. The van der Waals surface area contributed by atoms with Crippen LogP contribution in [0.3, 0.4) is 0 Å². The molecule has 0 spiro atoms. The number of nitrogens with zero attached hydrogens (tertiary/aromatic N) is 5. The molecule has 1 N–H and O–H groups in total. The number of para-hydroxylation sites is 1. The van der Waals surface area contributed by atoms with Gasteiger partial charge in [0.05, 0.1) is 11.3 Å². The monoisotopic (exact) mass is 350 g/mol. The van der Waals surface area contributed by atoms with E-state index in [4.69, 9.17) is 4.74 Å². The van der Waals surface area contributed by atoms with Crippen LogP contribution in [-0.4, -0.2) is 42.3 Å². The minimum absolute atomic E-state index is 0.198. The molecule has 0 saturated heterocycles. The van der Waals surface area contributed by atoms with Crippen molar-refractivity contribution < 1.29 is 14.3 Å². The Bertz CT molecular complexity index is 1040. The van der Waals surface area contributed by atoms with Crippen LogP contribution < -0.4 is 4.74 Å². The third-order valence-corrected chi connectivity index (χ3v) is 4.88. The second-order valence-electron chi connectivity index (χ2n) is 6.56. The lowest BCUT2D eigenvalue weighted by Gasteiger charge is -2.09. The van der Waals surface area contributed by atoms with Crippen LogP contribution in [0.1, 0.15) is 40.9 Å². The van der Waals surface area contributed by atoms with E-state index in [9.17, 15) is 9.59 Å². The predicted octanol–water partition coefficient (Wildman–Crippen LogP) is 1.34. The maximum Gasteiger partial charge on any atom is 0.308 e. The number of ether oxygens (including phenoxy) is 1. The number of rotatable bonds is 3. The smallest absolute Gasteiger partial charge is 0.308 e. The second-order valence-corrected chi connectivity index (χ2v) is 6.56. The standard InChI is InChI=1S/C17H14N6O3/c1-8(24)26-13-5-3-2-4-10(13)17(25)23-15(16-18-21-22-19-16)12-7-9-6-11(9)14(12)20-23/h2-5,9,11H,6-7H2,1H3,(H,18,19,21,22)/t9-,11-/m1/s1. The van der Waals surface area contributed by atoms with Gasteiger partial charge in [0.15, 0.2) is 0 Å². The normalized spacial score (nSPS) is 19.7. The fraction of sp³-hybridized carbons (Fsp3) is 0.294. The number of fused-ring (bicyclic) bond motifs is 3. The lowest BCUT2D eigenvalue weighted by atomic mass is 10.1. The molecule has 3 aromatic rings. The number of carbonyl (C=O) groups is 2. The Morgan fingerprint density at radius 2 is 2.15 bits per heavy atom. The number of hydrogen-bond donors (Lipinski definition) is 1. The quantitative estimate of drug-likeness (QED) is 0.559. The largest absolute Gasteiger partial charge is 0.426 e. The summed E-state index contributed by atoms with van der Waals surface area (Å²) in [4.78, 5) is 24.6. The summed E-state index contributed by atoms with van der Waals surface area (Å²) >= 11 is 0. The van der Waals surface area contributed by atoms with E-state index in [-0.39, 0.29) is 11.3 Å². The highest BCUT2D eigenvalue weighted by atomic mass is 16.5. The zero-order valence-corrected chi connectivity index (χ0v) is 13.8. The molecule has 5 rings (SSSR count). The first-order chi connectivity index (χ1) is 12.6. The van der Waals surface area contributed by atoms with E-state index in [1.807, 2.05) is 0 Å². The van der Waals surface area contributed by atoms with Crippen LogP contribution in [0, 0.1) is 5.92 Å². The Morgan fingerprint density at radius 3 is 2.92 bits per heavy atom. The fourth-order valence-corrected chi connectivity index (χ4v) is 3.68. The number of benzene rings is 1. The maximum atomic E-state index is 13.2. The van der Waals surface area contributed by atoms with Gasteiger partial charge in [0.2, 0.25) is 5.82 Å². The van der Waals surface area contributed by atoms with Gasteiger partial charge < -0.3 is 4.74 Å². The summed E-state index contributed by atoms with van der Waals surface area (Å²) in [5.74, 6) is 0.660. The summed E-state index contributed by atoms with van der Waals surface area (Å²) in [5, 5.41) is 18.7. The van der Waals surface area contributed by atoms with E-state index in [0.717, 1.165) is 24.1 Å². The molecule has 2 heterocycles. The third-order valence-electron chi connectivity index (χ3n) is 4.88. The highest BCUT2D eigenvalue weighted by Gasteiger charge is 2.50. The summed E-state index contributed by atoms with van der Waals surface area (Å²) in [6.45, 7) is 1.29. The number of hydrogen-bond acceptors (Lipinski definition) is 7. The van der Waals surface area contributed by atoms with Gasteiger partial charge in [0.25, 0.3) is 5.91 Å². The van der Waals surface area contributed by atoms with Crippen LogP contribution >= 0.6 is 0 Å². The maximum absolute atomic E-state index is 13.2. The van der Waals surface area contributed by atoms with Crippen molar-refractivity contribution in [1.82, 2.24) is 30.4 Å². The SMILES string of the molecule is CC(=O)Oc1ccccc1C(=O)n1nc2c(c1-c1nn[nH]n1)C[C@H]1C[C@@H]21. The van der Waals surface area contributed by atoms with Gasteiger partial charge in [0, 0.05) is 18.4 Å². The number of aromatic amines is 1. The van der Waals surface area contributed by atoms with Crippen molar-refractivity contribution >= 4 is 11.9 Å². The number of carbonyl (C=O) groups excluding carboxylic acids is 2. The second kappa shape index (κ2) is 5.32. The van der Waals surface area contributed by atoms with E-state index in [1.54, 1.807) is 24.3 Å². The Balaban J connectivity index is 1.64. The number of aromatic nitrogens is 6. The van der Waals surface area contributed by atoms with E-state index < -0.39 is 11.9 Å².